The van der Waals surface area contributed by atoms with E-state index in [-0.39, 0.29) is 0 Å². The third-order valence-corrected chi connectivity index (χ3v) is 2.49. The average molecular weight is 244 g/mol. The number of benzene rings is 1. The summed E-state index contributed by atoms with van der Waals surface area (Å²) in [5.41, 5.74) is 8.00. The minimum atomic E-state index is 0.408. The number of anilines is 2. The number of nitrogens with two attached hydrogens (primary N) is 1. The standard InChI is InChI=1S/C13H16N4O/c1-18-9-11-4-2-3-10(7-11)8-17-13-12(14)15-5-6-16-13/h2-7H,8-9H2,1H3,(H2,14,15)(H,16,17). The van der Waals surface area contributed by atoms with Crippen LogP contribution in [-0.4, -0.2) is 17.1 Å². The van der Waals surface area contributed by atoms with Gasteiger partial charge in [0.15, 0.2) is 11.6 Å². The van der Waals surface area contributed by atoms with Gasteiger partial charge in [0, 0.05) is 26.0 Å². The summed E-state index contributed by atoms with van der Waals surface area (Å²) < 4.78 is 5.10. The Morgan fingerprint density at radius 1 is 1.22 bits per heavy atom. The summed E-state index contributed by atoms with van der Waals surface area (Å²) in [5, 5.41) is 3.16. The molecule has 0 aliphatic rings. The van der Waals surface area contributed by atoms with Gasteiger partial charge >= 0.3 is 0 Å². The zero-order valence-electron chi connectivity index (χ0n) is 10.3. The number of hydrogen-bond acceptors (Lipinski definition) is 5. The quantitative estimate of drug-likeness (QED) is 0.839. The van der Waals surface area contributed by atoms with Crippen LogP contribution in [0, 0.1) is 0 Å². The number of rotatable bonds is 5. The van der Waals surface area contributed by atoms with E-state index in [2.05, 4.69) is 21.4 Å². The number of nitrogen functional groups attached to an aromatic ring is 1. The molecule has 0 unspecified atom stereocenters. The van der Waals surface area contributed by atoms with Gasteiger partial charge in [-0.05, 0) is 11.1 Å². The molecule has 5 nitrogen and oxygen atoms in total. The van der Waals surface area contributed by atoms with Gasteiger partial charge in [-0.2, -0.15) is 0 Å². The van der Waals surface area contributed by atoms with Gasteiger partial charge in [-0.25, -0.2) is 9.97 Å². The zero-order chi connectivity index (χ0) is 12.8. The predicted molar refractivity (Wildman–Crippen MR) is 70.9 cm³/mol. The fourth-order valence-corrected chi connectivity index (χ4v) is 1.67. The normalized spacial score (nSPS) is 10.3. The average Bonchev–Trinajstić information content (AvgIpc) is 2.39. The number of aromatic nitrogens is 2. The van der Waals surface area contributed by atoms with Crippen molar-refractivity contribution >= 4 is 11.6 Å². The maximum Gasteiger partial charge on any atom is 0.169 e. The summed E-state index contributed by atoms with van der Waals surface area (Å²) >= 11 is 0. The van der Waals surface area contributed by atoms with Crippen LogP contribution in [0.3, 0.4) is 0 Å². The summed E-state index contributed by atoms with van der Waals surface area (Å²) in [6.07, 6.45) is 3.18. The first-order valence-electron chi connectivity index (χ1n) is 5.66. The molecule has 0 fully saturated rings. The first-order valence-corrected chi connectivity index (χ1v) is 5.66. The third-order valence-electron chi connectivity index (χ3n) is 2.49. The molecule has 1 heterocycles. The van der Waals surface area contributed by atoms with Gasteiger partial charge in [0.05, 0.1) is 6.61 Å². The molecule has 1 aromatic carbocycles. The van der Waals surface area contributed by atoms with E-state index < -0.39 is 0 Å². The van der Waals surface area contributed by atoms with E-state index >= 15 is 0 Å². The fourth-order valence-electron chi connectivity index (χ4n) is 1.67. The minimum absolute atomic E-state index is 0.408. The molecule has 0 radical (unpaired) electrons. The maximum atomic E-state index is 5.71. The molecule has 94 valence electrons. The van der Waals surface area contributed by atoms with Crippen LogP contribution >= 0.6 is 0 Å². The molecule has 18 heavy (non-hydrogen) atoms. The van der Waals surface area contributed by atoms with Gasteiger partial charge < -0.3 is 15.8 Å². The van der Waals surface area contributed by atoms with Crippen LogP contribution in [0.2, 0.25) is 0 Å². The molecule has 5 heteroatoms. The second-order valence-corrected chi connectivity index (χ2v) is 3.90. The Labute approximate surface area is 106 Å². The van der Waals surface area contributed by atoms with Crippen molar-refractivity contribution in [3.63, 3.8) is 0 Å². The molecule has 0 spiro atoms. The number of ether oxygens (including phenoxy) is 1. The van der Waals surface area contributed by atoms with E-state index in [1.807, 2.05) is 18.2 Å². The summed E-state index contributed by atoms with van der Waals surface area (Å²) in [4.78, 5) is 8.10. The van der Waals surface area contributed by atoms with Crippen molar-refractivity contribution in [3.8, 4) is 0 Å². The highest BCUT2D eigenvalue weighted by atomic mass is 16.5. The zero-order valence-corrected chi connectivity index (χ0v) is 10.3. The smallest absolute Gasteiger partial charge is 0.169 e. The summed E-state index contributed by atoms with van der Waals surface area (Å²) in [6, 6.07) is 8.16. The Kier molecular flexibility index (Phi) is 4.09. The topological polar surface area (TPSA) is 73.1 Å². The van der Waals surface area contributed by atoms with Gasteiger partial charge in [0.1, 0.15) is 0 Å². The Morgan fingerprint density at radius 2 is 2.00 bits per heavy atom. The lowest BCUT2D eigenvalue weighted by Gasteiger charge is -2.08. The van der Waals surface area contributed by atoms with Gasteiger partial charge in [-0.1, -0.05) is 24.3 Å². The van der Waals surface area contributed by atoms with Crippen LogP contribution in [0.15, 0.2) is 36.7 Å². The second-order valence-electron chi connectivity index (χ2n) is 3.90. The number of nitrogens with zero attached hydrogens (tertiary/aromatic N) is 2. The highest BCUT2D eigenvalue weighted by Gasteiger charge is 2.01. The second kappa shape index (κ2) is 5.97. The Morgan fingerprint density at radius 3 is 2.78 bits per heavy atom. The highest BCUT2D eigenvalue weighted by molar-refractivity contribution is 5.55. The van der Waals surface area contributed by atoms with Crippen molar-refractivity contribution in [1.82, 2.24) is 9.97 Å². The van der Waals surface area contributed by atoms with E-state index in [1.54, 1.807) is 19.5 Å². The number of hydrogen-bond donors (Lipinski definition) is 2. The largest absolute Gasteiger partial charge is 0.381 e. The van der Waals surface area contributed by atoms with Crippen molar-refractivity contribution in [3.05, 3.63) is 47.8 Å². The van der Waals surface area contributed by atoms with Gasteiger partial charge in [-0.15, -0.1) is 0 Å². The summed E-state index contributed by atoms with van der Waals surface area (Å²) in [6.45, 7) is 1.27. The van der Waals surface area contributed by atoms with E-state index in [4.69, 9.17) is 10.5 Å². The predicted octanol–water partition coefficient (Wildman–Crippen LogP) is 1.82. The third kappa shape index (κ3) is 3.18. The highest BCUT2D eigenvalue weighted by Crippen LogP contribution is 2.12. The van der Waals surface area contributed by atoms with E-state index in [0.29, 0.717) is 24.8 Å². The van der Waals surface area contributed by atoms with Crippen LogP contribution in [-0.2, 0) is 17.9 Å². The monoisotopic (exact) mass is 244 g/mol. The Bertz CT molecular complexity index is 516. The van der Waals surface area contributed by atoms with Crippen LogP contribution in [0.1, 0.15) is 11.1 Å². The molecule has 0 saturated heterocycles. The Hall–Kier alpha value is -2.14. The van der Waals surface area contributed by atoms with Gasteiger partial charge in [-0.3, -0.25) is 0 Å². The lowest BCUT2D eigenvalue weighted by molar-refractivity contribution is 0.185. The molecule has 0 saturated carbocycles. The lowest BCUT2D eigenvalue weighted by atomic mass is 10.1. The van der Waals surface area contributed by atoms with E-state index in [1.165, 1.54) is 0 Å². The first-order chi connectivity index (χ1) is 8.79. The van der Waals surface area contributed by atoms with Crippen LogP contribution < -0.4 is 11.1 Å². The molecule has 0 atom stereocenters. The minimum Gasteiger partial charge on any atom is -0.381 e. The lowest BCUT2D eigenvalue weighted by Crippen LogP contribution is -2.05. The molecule has 0 bridgehead atoms. The van der Waals surface area contributed by atoms with E-state index in [9.17, 15) is 0 Å². The summed E-state index contributed by atoms with van der Waals surface area (Å²) in [7, 11) is 1.69. The maximum absolute atomic E-state index is 5.71. The molecule has 0 aliphatic carbocycles. The van der Waals surface area contributed by atoms with Crippen molar-refractivity contribution in [2.24, 2.45) is 0 Å². The molecule has 2 rings (SSSR count). The molecule has 2 aromatic rings. The number of methoxy groups -OCH3 is 1. The summed E-state index contributed by atoms with van der Waals surface area (Å²) in [5.74, 6) is 1.01. The van der Waals surface area contributed by atoms with Crippen LogP contribution in [0.5, 0.6) is 0 Å². The molecule has 0 amide bonds. The molecule has 0 aliphatic heterocycles. The van der Waals surface area contributed by atoms with Crippen molar-refractivity contribution in [2.45, 2.75) is 13.2 Å². The van der Waals surface area contributed by atoms with Gasteiger partial charge in [0.25, 0.3) is 0 Å². The van der Waals surface area contributed by atoms with Crippen molar-refractivity contribution in [1.29, 1.82) is 0 Å². The first kappa shape index (κ1) is 12.3. The molecular weight excluding hydrogens is 228 g/mol. The molecular formula is C13H16N4O. The van der Waals surface area contributed by atoms with Crippen LogP contribution in [0.25, 0.3) is 0 Å². The Balaban J connectivity index is 2.02. The van der Waals surface area contributed by atoms with Crippen molar-refractivity contribution < 1.29 is 4.74 Å². The van der Waals surface area contributed by atoms with Gasteiger partial charge in [0.2, 0.25) is 0 Å². The van der Waals surface area contributed by atoms with Crippen molar-refractivity contribution in [2.75, 3.05) is 18.2 Å². The number of nitrogens with one attached hydrogen (secondary N) is 1. The van der Waals surface area contributed by atoms with Crippen LogP contribution in [0.4, 0.5) is 11.6 Å². The molecule has 1 aromatic heterocycles. The SMILES string of the molecule is COCc1cccc(CNc2nccnc2N)c1. The molecule has 3 N–H and O–H groups in total. The van der Waals surface area contributed by atoms with E-state index in [0.717, 1.165) is 11.1 Å². The fraction of sp³-hybridized carbons (Fsp3) is 0.231.